The number of nitrogens with two attached hydrogens (primary N) is 1. The lowest BCUT2D eigenvalue weighted by Gasteiger charge is -2.26. The van der Waals surface area contributed by atoms with E-state index in [4.69, 9.17) is 33.5 Å². The number of aromatic nitrogens is 1. The zero-order valence-corrected chi connectivity index (χ0v) is 13.6. The van der Waals surface area contributed by atoms with E-state index in [9.17, 15) is 0 Å². The van der Waals surface area contributed by atoms with Gasteiger partial charge in [0.2, 0.25) is 5.88 Å². The van der Waals surface area contributed by atoms with Gasteiger partial charge < -0.3 is 10.3 Å². The third-order valence-corrected chi connectivity index (χ3v) is 5.17. The minimum absolute atomic E-state index is 0.172. The van der Waals surface area contributed by atoms with Crippen LogP contribution < -0.4 is 5.73 Å². The number of benzene rings is 1. The fourth-order valence-corrected chi connectivity index (χ4v) is 3.96. The Hall–Kier alpha value is -1.19. The van der Waals surface area contributed by atoms with Crippen molar-refractivity contribution in [1.82, 2.24) is 5.16 Å². The Balaban J connectivity index is 2.19. The smallest absolute Gasteiger partial charge is 0.230 e. The SMILES string of the molecule is CC1(C)CCCC1c1noc(N)c1-c1c(Cl)cccc1Cl. The number of anilines is 1. The number of halogens is 2. The van der Waals surface area contributed by atoms with Crippen LogP contribution in [-0.2, 0) is 0 Å². The van der Waals surface area contributed by atoms with Gasteiger partial charge in [0, 0.05) is 11.5 Å². The van der Waals surface area contributed by atoms with Crippen molar-refractivity contribution >= 4 is 29.1 Å². The summed E-state index contributed by atoms with van der Waals surface area (Å²) in [6.45, 7) is 4.51. The van der Waals surface area contributed by atoms with Crippen LogP contribution in [0.4, 0.5) is 5.88 Å². The van der Waals surface area contributed by atoms with Crippen LogP contribution in [0.5, 0.6) is 0 Å². The highest BCUT2D eigenvalue weighted by Gasteiger charge is 2.40. The largest absolute Gasteiger partial charge is 0.367 e. The Morgan fingerprint density at radius 3 is 2.48 bits per heavy atom. The van der Waals surface area contributed by atoms with Crippen LogP contribution in [0.2, 0.25) is 10.0 Å². The minimum Gasteiger partial charge on any atom is -0.367 e. The standard InChI is InChI=1S/C16H18Cl2N2O/c1-16(2)8-4-5-9(16)14-13(15(19)21-20-14)12-10(17)6-3-7-11(12)18/h3,6-7,9H,4-5,8,19H2,1-2H3. The molecular weight excluding hydrogens is 307 g/mol. The summed E-state index contributed by atoms with van der Waals surface area (Å²) < 4.78 is 5.28. The first-order valence-corrected chi connectivity index (χ1v) is 7.87. The molecule has 2 aromatic rings. The van der Waals surface area contributed by atoms with Gasteiger partial charge >= 0.3 is 0 Å². The molecule has 1 unspecified atom stereocenters. The molecule has 21 heavy (non-hydrogen) atoms. The molecule has 1 aromatic heterocycles. The lowest BCUT2D eigenvalue weighted by Crippen LogP contribution is -2.16. The quantitative estimate of drug-likeness (QED) is 0.790. The average molecular weight is 325 g/mol. The van der Waals surface area contributed by atoms with Gasteiger partial charge in [0.1, 0.15) is 0 Å². The van der Waals surface area contributed by atoms with Crippen molar-refractivity contribution in [3.63, 3.8) is 0 Å². The normalized spacial score (nSPS) is 20.9. The Bertz CT molecular complexity index is 659. The molecule has 5 heteroatoms. The number of hydrogen-bond acceptors (Lipinski definition) is 3. The van der Waals surface area contributed by atoms with Crippen LogP contribution in [0.3, 0.4) is 0 Å². The molecule has 1 atom stereocenters. The summed E-state index contributed by atoms with van der Waals surface area (Å²) in [4.78, 5) is 0. The Kier molecular flexibility index (Phi) is 3.66. The Labute approximate surface area is 134 Å². The molecule has 0 spiro atoms. The van der Waals surface area contributed by atoms with Gasteiger partial charge in [-0.3, -0.25) is 0 Å². The molecule has 1 heterocycles. The van der Waals surface area contributed by atoms with Gasteiger partial charge in [-0.15, -0.1) is 0 Å². The Morgan fingerprint density at radius 2 is 1.90 bits per heavy atom. The monoisotopic (exact) mass is 324 g/mol. The fraction of sp³-hybridized carbons (Fsp3) is 0.438. The van der Waals surface area contributed by atoms with Crippen molar-refractivity contribution in [3.05, 3.63) is 33.9 Å². The minimum atomic E-state index is 0.172. The van der Waals surface area contributed by atoms with Gasteiger partial charge in [-0.1, -0.05) is 54.7 Å². The van der Waals surface area contributed by atoms with Crippen molar-refractivity contribution in [2.45, 2.75) is 39.0 Å². The highest BCUT2D eigenvalue weighted by atomic mass is 35.5. The maximum absolute atomic E-state index is 6.33. The third-order valence-electron chi connectivity index (χ3n) is 4.54. The van der Waals surface area contributed by atoms with E-state index >= 15 is 0 Å². The van der Waals surface area contributed by atoms with E-state index < -0.39 is 0 Å². The predicted octanol–water partition coefficient (Wildman–Crippen LogP) is 5.52. The summed E-state index contributed by atoms with van der Waals surface area (Å²) in [5, 5.41) is 5.36. The van der Waals surface area contributed by atoms with Gasteiger partial charge in [-0.2, -0.15) is 0 Å². The second-order valence-electron chi connectivity index (χ2n) is 6.34. The second-order valence-corrected chi connectivity index (χ2v) is 7.15. The van der Waals surface area contributed by atoms with Gasteiger partial charge in [-0.25, -0.2) is 0 Å². The molecule has 1 aliphatic carbocycles. The maximum Gasteiger partial charge on any atom is 0.230 e. The van der Waals surface area contributed by atoms with Crippen LogP contribution in [0.15, 0.2) is 22.7 Å². The van der Waals surface area contributed by atoms with E-state index in [1.165, 1.54) is 12.8 Å². The van der Waals surface area contributed by atoms with Crippen molar-refractivity contribution in [2.24, 2.45) is 5.41 Å². The van der Waals surface area contributed by atoms with E-state index in [2.05, 4.69) is 19.0 Å². The topological polar surface area (TPSA) is 52.0 Å². The summed E-state index contributed by atoms with van der Waals surface area (Å²) in [5.74, 6) is 0.587. The highest BCUT2D eigenvalue weighted by molar-refractivity contribution is 6.39. The van der Waals surface area contributed by atoms with E-state index in [0.717, 1.165) is 23.2 Å². The van der Waals surface area contributed by atoms with Crippen LogP contribution in [0.1, 0.15) is 44.7 Å². The summed E-state index contributed by atoms with van der Waals surface area (Å²) >= 11 is 12.7. The van der Waals surface area contributed by atoms with E-state index in [0.29, 0.717) is 16.0 Å². The maximum atomic E-state index is 6.33. The van der Waals surface area contributed by atoms with Crippen LogP contribution in [0.25, 0.3) is 11.1 Å². The molecular formula is C16H18Cl2N2O. The van der Waals surface area contributed by atoms with Crippen LogP contribution in [-0.4, -0.2) is 5.16 Å². The molecule has 3 rings (SSSR count). The summed E-state index contributed by atoms with van der Waals surface area (Å²) in [6.07, 6.45) is 3.42. The van der Waals surface area contributed by atoms with Crippen molar-refractivity contribution in [2.75, 3.05) is 5.73 Å². The summed E-state index contributed by atoms with van der Waals surface area (Å²) in [5.41, 5.74) is 8.55. The summed E-state index contributed by atoms with van der Waals surface area (Å²) in [6, 6.07) is 5.43. The van der Waals surface area contributed by atoms with E-state index in [1.807, 2.05) is 6.07 Å². The molecule has 0 aliphatic heterocycles. The van der Waals surface area contributed by atoms with E-state index in [1.54, 1.807) is 12.1 Å². The molecule has 0 saturated heterocycles. The van der Waals surface area contributed by atoms with Crippen molar-refractivity contribution < 1.29 is 4.52 Å². The molecule has 3 nitrogen and oxygen atoms in total. The molecule has 1 fully saturated rings. The zero-order chi connectivity index (χ0) is 15.2. The zero-order valence-electron chi connectivity index (χ0n) is 12.1. The van der Waals surface area contributed by atoms with Gasteiger partial charge in [-0.05, 0) is 30.4 Å². The van der Waals surface area contributed by atoms with Gasteiger partial charge in [0.25, 0.3) is 0 Å². The fourth-order valence-electron chi connectivity index (χ4n) is 3.38. The first kappa shape index (κ1) is 14.7. The van der Waals surface area contributed by atoms with Gasteiger partial charge in [0.15, 0.2) is 0 Å². The lowest BCUT2D eigenvalue weighted by atomic mass is 9.78. The summed E-state index contributed by atoms with van der Waals surface area (Å²) in [7, 11) is 0. The lowest BCUT2D eigenvalue weighted by molar-refractivity contribution is 0.314. The first-order chi connectivity index (χ1) is 9.92. The van der Waals surface area contributed by atoms with Crippen LogP contribution >= 0.6 is 23.2 Å². The number of rotatable bonds is 2. The first-order valence-electron chi connectivity index (χ1n) is 7.11. The highest BCUT2D eigenvalue weighted by Crippen LogP contribution is 2.52. The second kappa shape index (κ2) is 5.22. The molecule has 0 radical (unpaired) electrons. The third kappa shape index (κ3) is 2.43. The molecule has 2 N–H and O–H groups in total. The molecule has 0 bridgehead atoms. The van der Waals surface area contributed by atoms with Crippen molar-refractivity contribution in [1.29, 1.82) is 0 Å². The molecule has 0 amide bonds. The van der Waals surface area contributed by atoms with Crippen LogP contribution in [0, 0.1) is 5.41 Å². The Morgan fingerprint density at radius 1 is 1.24 bits per heavy atom. The number of hydrogen-bond donors (Lipinski definition) is 1. The van der Waals surface area contributed by atoms with E-state index in [-0.39, 0.29) is 11.3 Å². The van der Waals surface area contributed by atoms with Gasteiger partial charge in [0.05, 0.1) is 21.3 Å². The molecule has 1 saturated carbocycles. The van der Waals surface area contributed by atoms with Crippen molar-refractivity contribution in [3.8, 4) is 11.1 Å². The number of nitrogen functional groups attached to an aromatic ring is 1. The molecule has 1 aliphatic rings. The average Bonchev–Trinajstić information content (AvgIpc) is 2.93. The molecule has 112 valence electrons. The number of nitrogens with zero attached hydrogens (tertiary/aromatic N) is 1. The molecule has 1 aromatic carbocycles. The predicted molar refractivity (Wildman–Crippen MR) is 86.7 cm³/mol.